The van der Waals surface area contributed by atoms with E-state index in [4.69, 9.17) is 0 Å². The first-order valence-electron chi connectivity index (χ1n) is 6.28. The molecule has 2 aromatic rings. The van der Waals surface area contributed by atoms with E-state index in [1.54, 1.807) is 12.1 Å². The van der Waals surface area contributed by atoms with Crippen molar-refractivity contribution in [3.63, 3.8) is 0 Å². The van der Waals surface area contributed by atoms with Crippen molar-refractivity contribution in [2.75, 3.05) is 4.72 Å². The van der Waals surface area contributed by atoms with Gasteiger partial charge in [-0.05, 0) is 29.7 Å². The van der Waals surface area contributed by atoms with Gasteiger partial charge in [0.25, 0.3) is 10.0 Å². The minimum absolute atomic E-state index is 0.162. The van der Waals surface area contributed by atoms with Crippen molar-refractivity contribution >= 4 is 15.7 Å². The third-order valence-electron chi connectivity index (χ3n) is 2.95. The predicted octanol–water partition coefficient (Wildman–Crippen LogP) is 3.75. The van der Waals surface area contributed by atoms with Gasteiger partial charge in [0.15, 0.2) is 0 Å². The molecule has 0 amide bonds. The fourth-order valence-corrected chi connectivity index (χ4v) is 3.12. The zero-order valence-electron chi connectivity index (χ0n) is 11.3. The maximum atomic E-state index is 13.6. The third kappa shape index (κ3) is 2.99. The highest BCUT2D eigenvalue weighted by Crippen LogP contribution is 2.26. The minimum atomic E-state index is -3.93. The molecule has 2 aromatic carbocycles. The molecule has 2 rings (SSSR count). The van der Waals surface area contributed by atoms with Crippen LogP contribution in [0, 0.1) is 5.82 Å². The van der Waals surface area contributed by atoms with Crippen LogP contribution >= 0.6 is 0 Å². The van der Waals surface area contributed by atoms with Crippen molar-refractivity contribution in [3.05, 3.63) is 59.9 Å². The van der Waals surface area contributed by atoms with Crippen LogP contribution in [0.5, 0.6) is 0 Å². The monoisotopic (exact) mass is 293 g/mol. The van der Waals surface area contributed by atoms with Gasteiger partial charge in [0.05, 0.1) is 5.69 Å². The van der Waals surface area contributed by atoms with Gasteiger partial charge in [-0.2, -0.15) is 0 Å². The predicted molar refractivity (Wildman–Crippen MR) is 77.7 cm³/mol. The second kappa shape index (κ2) is 5.63. The summed E-state index contributed by atoms with van der Waals surface area (Å²) in [6.07, 6.45) is 0. The van der Waals surface area contributed by atoms with Gasteiger partial charge in [-0.1, -0.05) is 44.2 Å². The lowest BCUT2D eigenvalue weighted by Gasteiger charge is -2.15. The van der Waals surface area contributed by atoms with E-state index in [0.717, 1.165) is 11.6 Å². The SMILES string of the molecule is CC(C)c1ccccc1NS(=O)(=O)c1ccccc1F. The molecule has 0 aliphatic rings. The standard InChI is InChI=1S/C15H16FNO2S/c1-11(2)12-7-3-5-9-14(12)17-20(18,19)15-10-6-4-8-13(15)16/h3-11,17H,1-2H3. The topological polar surface area (TPSA) is 46.2 Å². The van der Waals surface area contributed by atoms with Crippen LogP contribution in [-0.2, 0) is 10.0 Å². The summed E-state index contributed by atoms with van der Waals surface area (Å²) in [7, 11) is -3.93. The molecule has 0 heterocycles. The quantitative estimate of drug-likeness (QED) is 0.933. The van der Waals surface area contributed by atoms with E-state index < -0.39 is 15.8 Å². The average Bonchev–Trinajstić information content (AvgIpc) is 2.39. The van der Waals surface area contributed by atoms with E-state index in [-0.39, 0.29) is 10.8 Å². The van der Waals surface area contributed by atoms with Crippen LogP contribution in [0.4, 0.5) is 10.1 Å². The smallest absolute Gasteiger partial charge is 0.264 e. The minimum Gasteiger partial charge on any atom is -0.279 e. The molecule has 0 atom stereocenters. The lowest BCUT2D eigenvalue weighted by Crippen LogP contribution is -2.15. The van der Waals surface area contributed by atoms with Crippen molar-refractivity contribution in [1.82, 2.24) is 0 Å². The molecule has 0 spiro atoms. The van der Waals surface area contributed by atoms with Gasteiger partial charge in [0, 0.05) is 0 Å². The van der Waals surface area contributed by atoms with Crippen LogP contribution in [0.3, 0.4) is 0 Å². The molecule has 0 saturated heterocycles. The number of sulfonamides is 1. The van der Waals surface area contributed by atoms with Gasteiger partial charge >= 0.3 is 0 Å². The molecular weight excluding hydrogens is 277 g/mol. The first-order valence-corrected chi connectivity index (χ1v) is 7.76. The van der Waals surface area contributed by atoms with E-state index in [0.29, 0.717) is 5.69 Å². The van der Waals surface area contributed by atoms with Gasteiger partial charge in [-0.15, -0.1) is 0 Å². The maximum Gasteiger partial charge on any atom is 0.264 e. The van der Waals surface area contributed by atoms with Crippen LogP contribution in [0.25, 0.3) is 0 Å². The molecular formula is C15H16FNO2S. The second-order valence-electron chi connectivity index (χ2n) is 4.78. The van der Waals surface area contributed by atoms with Crippen molar-refractivity contribution in [1.29, 1.82) is 0 Å². The zero-order valence-corrected chi connectivity index (χ0v) is 12.1. The Labute approximate surface area is 118 Å². The number of anilines is 1. The summed E-state index contributed by atoms with van der Waals surface area (Å²) in [5, 5.41) is 0. The Morgan fingerprint density at radius 1 is 1.00 bits per heavy atom. The number of hydrogen-bond donors (Lipinski definition) is 1. The first-order chi connectivity index (χ1) is 9.42. The van der Waals surface area contributed by atoms with Crippen molar-refractivity contribution in [2.24, 2.45) is 0 Å². The highest BCUT2D eigenvalue weighted by Gasteiger charge is 2.20. The lowest BCUT2D eigenvalue weighted by molar-refractivity contribution is 0.570. The van der Waals surface area contributed by atoms with E-state index in [1.807, 2.05) is 26.0 Å². The summed E-state index contributed by atoms with van der Waals surface area (Å²) in [4.78, 5) is -0.349. The van der Waals surface area contributed by atoms with Crippen molar-refractivity contribution < 1.29 is 12.8 Å². The summed E-state index contributed by atoms with van der Waals surface area (Å²) in [5.74, 6) is -0.600. The van der Waals surface area contributed by atoms with E-state index >= 15 is 0 Å². The Balaban J connectivity index is 2.42. The first kappa shape index (κ1) is 14.5. The number of rotatable bonds is 4. The largest absolute Gasteiger partial charge is 0.279 e. The Kier molecular flexibility index (Phi) is 4.09. The normalized spacial score (nSPS) is 11.6. The van der Waals surface area contributed by atoms with Crippen LogP contribution < -0.4 is 4.72 Å². The molecule has 5 heteroatoms. The molecule has 0 aliphatic carbocycles. The summed E-state index contributed by atoms with van der Waals surface area (Å²) < 4.78 is 40.6. The summed E-state index contributed by atoms with van der Waals surface area (Å²) in [5.41, 5.74) is 1.35. The maximum absolute atomic E-state index is 13.6. The third-order valence-corrected chi connectivity index (χ3v) is 4.35. The summed E-state index contributed by atoms with van der Waals surface area (Å²) >= 11 is 0. The second-order valence-corrected chi connectivity index (χ2v) is 6.43. The number of benzene rings is 2. The number of hydrogen-bond acceptors (Lipinski definition) is 2. The number of nitrogens with one attached hydrogen (secondary N) is 1. The van der Waals surface area contributed by atoms with Crippen LogP contribution in [0.15, 0.2) is 53.4 Å². The summed E-state index contributed by atoms with van der Waals surface area (Å²) in [6, 6.07) is 12.4. The Bertz CT molecular complexity index is 711. The van der Waals surface area contributed by atoms with Crippen LogP contribution in [-0.4, -0.2) is 8.42 Å². The fourth-order valence-electron chi connectivity index (χ4n) is 1.96. The Hall–Kier alpha value is -1.88. The van der Waals surface area contributed by atoms with Crippen molar-refractivity contribution in [3.8, 4) is 0 Å². The number of halogens is 1. The van der Waals surface area contributed by atoms with Gasteiger partial charge in [-0.25, -0.2) is 12.8 Å². The molecule has 0 aromatic heterocycles. The van der Waals surface area contributed by atoms with E-state index in [1.165, 1.54) is 18.2 Å². The molecule has 3 nitrogen and oxygen atoms in total. The molecule has 1 N–H and O–H groups in total. The van der Waals surface area contributed by atoms with Crippen LogP contribution in [0.2, 0.25) is 0 Å². The fraction of sp³-hybridized carbons (Fsp3) is 0.200. The Morgan fingerprint density at radius 3 is 2.25 bits per heavy atom. The lowest BCUT2D eigenvalue weighted by atomic mass is 10.0. The van der Waals surface area contributed by atoms with Gasteiger partial charge in [0.1, 0.15) is 10.7 Å². The Morgan fingerprint density at radius 2 is 1.60 bits per heavy atom. The molecule has 0 saturated carbocycles. The van der Waals surface area contributed by atoms with Crippen molar-refractivity contribution in [2.45, 2.75) is 24.7 Å². The molecule has 0 unspecified atom stereocenters. The molecule has 0 bridgehead atoms. The molecule has 20 heavy (non-hydrogen) atoms. The van der Waals surface area contributed by atoms with E-state index in [2.05, 4.69) is 4.72 Å². The van der Waals surface area contributed by atoms with E-state index in [9.17, 15) is 12.8 Å². The summed E-state index contributed by atoms with van der Waals surface area (Å²) in [6.45, 7) is 3.94. The molecule has 0 fully saturated rings. The molecule has 0 aliphatic heterocycles. The molecule has 0 radical (unpaired) electrons. The van der Waals surface area contributed by atoms with Crippen LogP contribution in [0.1, 0.15) is 25.3 Å². The molecule has 106 valence electrons. The highest BCUT2D eigenvalue weighted by molar-refractivity contribution is 7.92. The van der Waals surface area contributed by atoms with Gasteiger partial charge < -0.3 is 0 Å². The average molecular weight is 293 g/mol. The zero-order chi connectivity index (χ0) is 14.8. The van der Waals surface area contributed by atoms with Gasteiger partial charge in [-0.3, -0.25) is 4.72 Å². The number of para-hydroxylation sites is 1. The highest BCUT2D eigenvalue weighted by atomic mass is 32.2. The van der Waals surface area contributed by atoms with Gasteiger partial charge in [0.2, 0.25) is 0 Å².